The first kappa shape index (κ1) is 13.7. The van der Waals surface area contributed by atoms with Gasteiger partial charge in [-0.3, -0.25) is 9.78 Å². The van der Waals surface area contributed by atoms with E-state index in [0.717, 1.165) is 0 Å². The summed E-state index contributed by atoms with van der Waals surface area (Å²) in [6, 6.07) is 0. The van der Waals surface area contributed by atoms with Crippen LogP contribution in [-0.4, -0.2) is 41.3 Å². The smallest absolute Gasteiger partial charge is 0.272 e. The largest absolute Gasteiger partial charge is 0.344 e. The number of carbonyl (C=O) groups excluding carboxylic acids is 1. The van der Waals surface area contributed by atoms with Gasteiger partial charge >= 0.3 is 0 Å². The van der Waals surface area contributed by atoms with Gasteiger partial charge in [0.15, 0.2) is 15.7 Å². The second-order valence-corrected chi connectivity index (χ2v) is 6.97. The molecule has 1 aliphatic heterocycles. The van der Waals surface area contributed by atoms with Crippen molar-refractivity contribution < 1.29 is 13.2 Å². The Bertz CT molecular complexity index is 603. The lowest BCUT2D eigenvalue weighted by Crippen LogP contribution is -2.47. The summed E-state index contributed by atoms with van der Waals surface area (Å²) in [4.78, 5) is 19.8. The molecule has 1 aromatic rings. The third-order valence-electron chi connectivity index (χ3n) is 2.93. The van der Waals surface area contributed by atoms with Crippen LogP contribution in [0.4, 0.5) is 5.82 Å². The number of hydrogen-bond donors (Lipinski definition) is 3. The summed E-state index contributed by atoms with van der Waals surface area (Å²) in [5.41, 5.74) is 1.61. The number of nitrogen functional groups attached to an aromatic ring is 1. The van der Waals surface area contributed by atoms with Crippen LogP contribution >= 0.6 is 0 Å². The Balaban J connectivity index is 2.13. The Morgan fingerprint density at radius 1 is 1.47 bits per heavy atom. The van der Waals surface area contributed by atoms with Gasteiger partial charge in [-0.2, -0.15) is 0 Å². The van der Waals surface area contributed by atoms with E-state index in [1.807, 2.05) is 0 Å². The van der Waals surface area contributed by atoms with E-state index in [-0.39, 0.29) is 23.0 Å². The molecule has 104 valence electrons. The fourth-order valence-electron chi connectivity index (χ4n) is 1.99. The van der Waals surface area contributed by atoms with Crippen molar-refractivity contribution in [1.82, 2.24) is 15.3 Å². The van der Waals surface area contributed by atoms with Crippen molar-refractivity contribution in [1.29, 1.82) is 0 Å². The molecule has 0 aliphatic carbocycles. The van der Waals surface area contributed by atoms with E-state index in [1.165, 1.54) is 12.4 Å². The van der Waals surface area contributed by atoms with Crippen LogP contribution in [0.5, 0.6) is 0 Å². The summed E-state index contributed by atoms with van der Waals surface area (Å²) in [5, 5.41) is 2.69. The highest BCUT2D eigenvalue weighted by Gasteiger charge is 2.39. The van der Waals surface area contributed by atoms with E-state index in [4.69, 9.17) is 5.84 Å². The predicted molar refractivity (Wildman–Crippen MR) is 69.0 cm³/mol. The Morgan fingerprint density at radius 2 is 2.21 bits per heavy atom. The van der Waals surface area contributed by atoms with Gasteiger partial charge in [-0.05, 0) is 13.3 Å². The second-order valence-electron chi connectivity index (χ2n) is 4.79. The molecule has 1 fully saturated rings. The molecule has 0 spiro atoms. The van der Waals surface area contributed by atoms with Crippen molar-refractivity contribution in [2.75, 3.05) is 16.9 Å². The van der Waals surface area contributed by atoms with Gasteiger partial charge in [0.2, 0.25) is 0 Å². The summed E-state index contributed by atoms with van der Waals surface area (Å²) in [6.07, 6.45) is 3.06. The maximum absolute atomic E-state index is 12.0. The Hall–Kier alpha value is -1.74. The minimum Gasteiger partial charge on any atom is -0.344 e. The molecule has 19 heavy (non-hydrogen) atoms. The average Bonchev–Trinajstić information content (AvgIpc) is 2.63. The van der Waals surface area contributed by atoms with E-state index >= 15 is 0 Å². The van der Waals surface area contributed by atoms with E-state index in [1.54, 1.807) is 6.92 Å². The number of carbonyl (C=O) groups is 1. The Kier molecular flexibility index (Phi) is 3.42. The number of nitrogens with two attached hydrogens (primary N) is 1. The molecule has 1 saturated heterocycles. The van der Waals surface area contributed by atoms with Gasteiger partial charge in [-0.1, -0.05) is 0 Å². The van der Waals surface area contributed by atoms with Gasteiger partial charge in [0.1, 0.15) is 5.69 Å². The molecule has 0 bridgehead atoms. The topological polar surface area (TPSA) is 127 Å². The van der Waals surface area contributed by atoms with Crippen LogP contribution in [0.3, 0.4) is 0 Å². The molecule has 1 unspecified atom stereocenters. The molecule has 2 heterocycles. The zero-order valence-electron chi connectivity index (χ0n) is 10.4. The zero-order valence-corrected chi connectivity index (χ0v) is 11.2. The lowest BCUT2D eigenvalue weighted by molar-refractivity contribution is 0.0910. The molecule has 1 atom stereocenters. The highest BCUT2D eigenvalue weighted by Crippen LogP contribution is 2.23. The van der Waals surface area contributed by atoms with Gasteiger partial charge < -0.3 is 10.7 Å². The molecule has 0 aromatic carbocycles. The second kappa shape index (κ2) is 4.74. The van der Waals surface area contributed by atoms with Gasteiger partial charge in [-0.15, -0.1) is 0 Å². The summed E-state index contributed by atoms with van der Waals surface area (Å²) >= 11 is 0. The summed E-state index contributed by atoms with van der Waals surface area (Å²) < 4.78 is 22.9. The maximum atomic E-state index is 12.0. The monoisotopic (exact) mass is 285 g/mol. The van der Waals surface area contributed by atoms with E-state index in [2.05, 4.69) is 20.7 Å². The first-order valence-electron chi connectivity index (χ1n) is 5.65. The molecule has 1 aromatic heterocycles. The van der Waals surface area contributed by atoms with Gasteiger partial charge in [-0.25, -0.2) is 19.2 Å². The van der Waals surface area contributed by atoms with E-state index in [0.29, 0.717) is 6.42 Å². The number of aromatic nitrogens is 2. The fourth-order valence-corrected chi connectivity index (χ4v) is 4.09. The van der Waals surface area contributed by atoms with Crippen LogP contribution in [-0.2, 0) is 9.84 Å². The van der Waals surface area contributed by atoms with Crippen LogP contribution in [0.25, 0.3) is 0 Å². The number of anilines is 1. The number of hydrazine groups is 1. The van der Waals surface area contributed by atoms with Crippen LogP contribution in [0.1, 0.15) is 23.8 Å². The SMILES string of the molecule is CC1(NC(=O)c2cncc(NN)n2)CCS(=O)(=O)C1. The number of nitrogens with zero attached hydrogens (tertiary/aromatic N) is 2. The molecule has 1 aliphatic rings. The molecular formula is C10H15N5O3S. The van der Waals surface area contributed by atoms with E-state index in [9.17, 15) is 13.2 Å². The summed E-state index contributed by atoms with van der Waals surface area (Å²) in [7, 11) is -3.08. The Labute approximate surface area is 110 Å². The highest BCUT2D eigenvalue weighted by atomic mass is 32.2. The number of rotatable bonds is 3. The standard InChI is InChI=1S/C10H15N5O3S/c1-10(2-3-19(17,18)6-10)14-9(16)7-4-12-5-8(13-7)15-11/h4-5H,2-3,6,11H2,1H3,(H,13,15)(H,14,16). The minimum atomic E-state index is -3.08. The molecule has 8 nitrogen and oxygen atoms in total. The Morgan fingerprint density at radius 3 is 2.79 bits per heavy atom. The third kappa shape index (κ3) is 3.18. The normalized spacial score (nSPS) is 24.9. The van der Waals surface area contributed by atoms with Gasteiger partial charge in [0, 0.05) is 0 Å². The quantitative estimate of drug-likeness (QED) is 0.483. The fraction of sp³-hybridized carbons (Fsp3) is 0.500. The maximum Gasteiger partial charge on any atom is 0.272 e. The van der Waals surface area contributed by atoms with Gasteiger partial charge in [0.25, 0.3) is 5.91 Å². The average molecular weight is 285 g/mol. The number of sulfone groups is 1. The molecule has 2 rings (SSSR count). The summed E-state index contributed by atoms with van der Waals surface area (Å²) in [6.45, 7) is 1.70. The van der Waals surface area contributed by atoms with Crippen molar-refractivity contribution in [3.05, 3.63) is 18.1 Å². The van der Waals surface area contributed by atoms with Crippen LogP contribution in [0.15, 0.2) is 12.4 Å². The molecule has 4 N–H and O–H groups in total. The van der Waals surface area contributed by atoms with Crippen molar-refractivity contribution in [3.8, 4) is 0 Å². The highest BCUT2D eigenvalue weighted by molar-refractivity contribution is 7.91. The first-order valence-corrected chi connectivity index (χ1v) is 7.47. The zero-order chi connectivity index (χ0) is 14.1. The van der Waals surface area contributed by atoms with Crippen molar-refractivity contribution in [3.63, 3.8) is 0 Å². The van der Waals surface area contributed by atoms with Crippen LogP contribution < -0.4 is 16.6 Å². The lowest BCUT2D eigenvalue weighted by atomic mass is 10.0. The third-order valence-corrected chi connectivity index (χ3v) is 4.84. The summed E-state index contributed by atoms with van der Waals surface area (Å²) in [5.74, 6) is 4.99. The van der Waals surface area contributed by atoms with Crippen molar-refractivity contribution in [2.24, 2.45) is 5.84 Å². The van der Waals surface area contributed by atoms with E-state index < -0.39 is 21.3 Å². The predicted octanol–water partition coefficient (Wildman–Crippen LogP) is -0.931. The molecule has 0 radical (unpaired) electrons. The molecule has 9 heteroatoms. The lowest BCUT2D eigenvalue weighted by Gasteiger charge is -2.23. The van der Waals surface area contributed by atoms with Crippen LogP contribution in [0, 0.1) is 0 Å². The van der Waals surface area contributed by atoms with Crippen molar-refractivity contribution >= 4 is 21.6 Å². The molecule has 1 amide bonds. The van der Waals surface area contributed by atoms with Gasteiger partial charge in [0.05, 0.1) is 29.4 Å². The number of hydrogen-bond acceptors (Lipinski definition) is 7. The molecule has 0 saturated carbocycles. The van der Waals surface area contributed by atoms with Crippen molar-refractivity contribution in [2.45, 2.75) is 18.9 Å². The minimum absolute atomic E-state index is 0.0615. The first-order chi connectivity index (χ1) is 8.84. The van der Waals surface area contributed by atoms with Crippen LogP contribution in [0.2, 0.25) is 0 Å². The molecular weight excluding hydrogens is 270 g/mol. The number of nitrogens with one attached hydrogen (secondary N) is 2. The number of amides is 1.